The molecule has 0 spiro atoms. The van der Waals surface area contributed by atoms with Crippen LogP contribution in [0.25, 0.3) is 11.1 Å². The summed E-state index contributed by atoms with van der Waals surface area (Å²) in [6.45, 7) is 0. The highest BCUT2D eigenvalue weighted by Gasteiger charge is 2.33. The smallest absolute Gasteiger partial charge is 0.411 e. The van der Waals surface area contributed by atoms with Crippen LogP contribution < -0.4 is 0 Å². The molecular formula is C14H10F3NO. The molecule has 98 valence electrons. The molecule has 0 saturated carbocycles. The maximum atomic E-state index is 13.0. The van der Waals surface area contributed by atoms with E-state index >= 15 is 0 Å². The van der Waals surface area contributed by atoms with Crippen molar-refractivity contribution in [2.45, 2.75) is 6.18 Å². The van der Waals surface area contributed by atoms with Gasteiger partial charge >= 0.3 is 6.18 Å². The Morgan fingerprint density at radius 2 is 1.68 bits per heavy atom. The van der Waals surface area contributed by atoms with Crippen molar-refractivity contribution in [3.05, 3.63) is 59.7 Å². The summed E-state index contributed by atoms with van der Waals surface area (Å²) in [6, 6.07) is 12.1. The van der Waals surface area contributed by atoms with Crippen molar-refractivity contribution in [2.75, 3.05) is 0 Å². The Kier molecular flexibility index (Phi) is 3.55. The molecule has 2 rings (SSSR count). The summed E-state index contributed by atoms with van der Waals surface area (Å²) in [5, 5.41) is 11.1. The van der Waals surface area contributed by atoms with E-state index in [1.54, 1.807) is 30.3 Å². The van der Waals surface area contributed by atoms with E-state index in [9.17, 15) is 13.2 Å². The first-order valence-corrected chi connectivity index (χ1v) is 5.46. The van der Waals surface area contributed by atoms with E-state index in [1.165, 1.54) is 12.1 Å². The molecule has 1 N–H and O–H groups in total. The lowest BCUT2D eigenvalue weighted by Crippen LogP contribution is -2.08. The number of halogens is 3. The first-order chi connectivity index (χ1) is 9.02. The number of nitrogens with zero attached hydrogens (tertiary/aromatic N) is 1. The average Bonchev–Trinajstić information content (AvgIpc) is 2.39. The molecule has 2 aromatic carbocycles. The molecule has 0 heterocycles. The predicted octanol–water partition coefficient (Wildman–Crippen LogP) is 4.18. The number of oxime groups is 1. The standard InChI is InChI=1S/C14H10F3NO/c15-14(16,17)13-8-10(9-18-19)6-7-12(13)11-4-2-1-3-5-11/h1-9,19H/b18-9-. The average molecular weight is 265 g/mol. The lowest BCUT2D eigenvalue weighted by atomic mass is 9.97. The van der Waals surface area contributed by atoms with Crippen molar-refractivity contribution in [1.82, 2.24) is 0 Å². The van der Waals surface area contributed by atoms with Crippen LogP contribution in [0, 0.1) is 0 Å². The maximum Gasteiger partial charge on any atom is 0.417 e. The first-order valence-electron chi connectivity index (χ1n) is 5.46. The van der Waals surface area contributed by atoms with Gasteiger partial charge in [0.2, 0.25) is 0 Å². The summed E-state index contributed by atoms with van der Waals surface area (Å²) >= 11 is 0. The van der Waals surface area contributed by atoms with Gasteiger partial charge in [-0.15, -0.1) is 0 Å². The molecule has 0 atom stereocenters. The number of alkyl halides is 3. The van der Waals surface area contributed by atoms with Crippen molar-refractivity contribution in [3.63, 3.8) is 0 Å². The van der Waals surface area contributed by atoms with Gasteiger partial charge in [-0.05, 0) is 22.8 Å². The summed E-state index contributed by atoms with van der Waals surface area (Å²) < 4.78 is 39.1. The van der Waals surface area contributed by atoms with E-state index in [1.807, 2.05) is 0 Å². The van der Waals surface area contributed by atoms with Gasteiger partial charge in [0, 0.05) is 0 Å². The van der Waals surface area contributed by atoms with Crippen LogP contribution in [0.1, 0.15) is 11.1 Å². The Labute approximate surface area is 107 Å². The van der Waals surface area contributed by atoms with Crippen LogP contribution in [0.5, 0.6) is 0 Å². The Bertz CT molecular complexity index is 591. The van der Waals surface area contributed by atoms with Crippen molar-refractivity contribution in [2.24, 2.45) is 5.16 Å². The second-order valence-electron chi connectivity index (χ2n) is 3.91. The highest BCUT2D eigenvalue weighted by molar-refractivity contribution is 5.82. The number of benzene rings is 2. The van der Waals surface area contributed by atoms with Gasteiger partial charge in [-0.2, -0.15) is 13.2 Å². The zero-order valence-corrected chi connectivity index (χ0v) is 9.72. The molecule has 0 aliphatic rings. The highest BCUT2D eigenvalue weighted by atomic mass is 19.4. The minimum absolute atomic E-state index is 0.100. The van der Waals surface area contributed by atoms with Gasteiger partial charge in [-0.1, -0.05) is 47.6 Å². The summed E-state index contributed by atoms with van der Waals surface area (Å²) in [6.07, 6.45) is -3.51. The van der Waals surface area contributed by atoms with Crippen LogP contribution in [0.2, 0.25) is 0 Å². The van der Waals surface area contributed by atoms with Gasteiger partial charge in [0.05, 0.1) is 11.8 Å². The number of rotatable bonds is 2. The minimum atomic E-state index is -4.47. The molecule has 0 aliphatic carbocycles. The van der Waals surface area contributed by atoms with Crippen LogP contribution in [0.15, 0.2) is 53.7 Å². The Morgan fingerprint density at radius 3 is 2.26 bits per heavy atom. The van der Waals surface area contributed by atoms with Gasteiger partial charge in [-0.3, -0.25) is 0 Å². The molecule has 2 nitrogen and oxygen atoms in total. The topological polar surface area (TPSA) is 32.6 Å². The van der Waals surface area contributed by atoms with E-state index in [2.05, 4.69) is 5.16 Å². The van der Waals surface area contributed by atoms with E-state index in [0.29, 0.717) is 5.56 Å². The fourth-order valence-corrected chi connectivity index (χ4v) is 1.81. The monoisotopic (exact) mass is 265 g/mol. The van der Waals surface area contributed by atoms with Crippen molar-refractivity contribution >= 4 is 6.21 Å². The van der Waals surface area contributed by atoms with Crippen LogP contribution in [-0.2, 0) is 6.18 Å². The Morgan fingerprint density at radius 1 is 1.00 bits per heavy atom. The number of hydrogen-bond donors (Lipinski definition) is 1. The Balaban J connectivity index is 2.61. The second kappa shape index (κ2) is 5.14. The lowest BCUT2D eigenvalue weighted by molar-refractivity contribution is -0.137. The predicted molar refractivity (Wildman–Crippen MR) is 66.3 cm³/mol. The van der Waals surface area contributed by atoms with Crippen LogP contribution in [-0.4, -0.2) is 11.4 Å². The summed E-state index contributed by atoms with van der Waals surface area (Å²) in [7, 11) is 0. The summed E-state index contributed by atoms with van der Waals surface area (Å²) in [5.74, 6) is 0. The van der Waals surface area contributed by atoms with Crippen molar-refractivity contribution < 1.29 is 18.4 Å². The molecule has 19 heavy (non-hydrogen) atoms. The SMILES string of the molecule is O/N=C\c1ccc(-c2ccccc2)c(C(F)(F)F)c1. The molecule has 0 aliphatic heterocycles. The first kappa shape index (κ1) is 13.1. The van der Waals surface area contributed by atoms with Gasteiger partial charge in [0.15, 0.2) is 0 Å². The second-order valence-corrected chi connectivity index (χ2v) is 3.91. The molecule has 0 amide bonds. The van der Waals surface area contributed by atoms with Crippen molar-refractivity contribution in [3.8, 4) is 11.1 Å². The summed E-state index contributed by atoms with van der Waals surface area (Å²) in [4.78, 5) is 0. The van der Waals surface area contributed by atoms with Crippen LogP contribution in [0.4, 0.5) is 13.2 Å². The highest BCUT2D eigenvalue weighted by Crippen LogP contribution is 2.37. The molecule has 0 saturated heterocycles. The number of hydrogen-bond acceptors (Lipinski definition) is 2. The van der Waals surface area contributed by atoms with Gasteiger partial charge < -0.3 is 5.21 Å². The Hall–Kier alpha value is -2.30. The van der Waals surface area contributed by atoms with Gasteiger partial charge in [-0.25, -0.2) is 0 Å². The molecule has 0 aromatic heterocycles. The third-order valence-electron chi connectivity index (χ3n) is 2.64. The van der Waals surface area contributed by atoms with Gasteiger partial charge in [0.1, 0.15) is 0 Å². The molecule has 0 bridgehead atoms. The minimum Gasteiger partial charge on any atom is -0.411 e. The largest absolute Gasteiger partial charge is 0.417 e. The molecule has 2 aromatic rings. The van der Waals surface area contributed by atoms with Crippen LogP contribution >= 0.6 is 0 Å². The third-order valence-corrected chi connectivity index (χ3v) is 2.64. The maximum absolute atomic E-state index is 13.0. The van der Waals surface area contributed by atoms with E-state index in [4.69, 9.17) is 5.21 Å². The van der Waals surface area contributed by atoms with E-state index < -0.39 is 11.7 Å². The van der Waals surface area contributed by atoms with Crippen LogP contribution in [0.3, 0.4) is 0 Å². The normalized spacial score (nSPS) is 11.9. The van der Waals surface area contributed by atoms with E-state index in [0.717, 1.165) is 12.3 Å². The molecule has 0 fully saturated rings. The quantitative estimate of drug-likeness (QED) is 0.493. The molecule has 5 heteroatoms. The zero-order chi connectivity index (χ0) is 13.9. The molecule has 0 unspecified atom stereocenters. The molecule has 0 radical (unpaired) electrons. The zero-order valence-electron chi connectivity index (χ0n) is 9.72. The van der Waals surface area contributed by atoms with Gasteiger partial charge in [0.25, 0.3) is 0 Å². The van der Waals surface area contributed by atoms with Crippen molar-refractivity contribution in [1.29, 1.82) is 0 Å². The third kappa shape index (κ3) is 2.93. The fraction of sp³-hybridized carbons (Fsp3) is 0.0714. The lowest BCUT2D eigenvalue weighted by Gasteiger charge is -2.13. The van der Waals surface area contributed by atoms with E-state index in [-0.39, 0.29) is 11.1 Å². The molecular weight excluding hydrogens is 255 g/mol. The summed E-state index contributed by atoms with van der Waals surface area (Å²) in [5.41, 5.74) is 0.0242. The fourth-order valence-electron chi connectivity index (χ4n) is 1.81.